The van der Waals surface area contributed by atoms with Crippen molar-refractivity contribution in [2.45, 2.75) is 19.4 Å². The van der Waals surface area contributed by atoms with Crippen molar-refractivity contribution in [2.75, 3.05) is 6.61 Å². The minimum absolute atomic E-state index is 0.180. The molecule has 0 unspecified atom stereocenters. The Morgan fingerprint density at radius 3 is 2.26 bits per heavy atom. The van der Waals surface area contributed by atoms with Gasteiger partial charge in [0.1, 0.15) is 12.3 Å². The third-order valence-electron chi connectivity index (χ3n) is 4.53. The summed E-state index contributed by atoms with van der Waals surface area (Å²) in [5.41, 5.74) is -0.00637. The quantitative estimate of drug-likeness (QED) is 0.368. The Balaban J connectivity index is 1.92. The van der Waals surface area contributed by atoms with E-state index < -0.39 is 34.8 Å². The Hall–Kier alpha value is -2.90. The molecular formula is C19H13F5N2O. The number of halogens is 5. The van der Waals surface area contributed by atoms with E-state index in [1.54, 1.807) is 31.2 Å². The van der Waals surface area contributed by atoms with Crippen molar-refractivity contribution in [3.63, 3.8) is 0 Å². The second-order valence-corrected chi connectivity index (χ2v) is 6.28. The zero-order valence-corrected chi connectivity index (χ0v) is 14.1. The third-order valence-corrected chi connectivity index (χ3v) is 4.53. The highest BCUT2D eigenvalue weighted by Gasteiger charge is 2.28. The van der Waals surface area contributed by atoms with Gasteiger partial charge in [-0.2, -0.15) is 0 Å². The minimum Gasteiger partial charge on any atom is -0.479 e. The number of nitrogens with zero attached hydrogens (tertiary/aromatic N) is 2. The fraction of sp³-hybridized carbons (Fsp3) is 0.211. The fourth-order valence-electron chi connectivity index (χ4n) is 3.31. The highest BCUT2D eigenvalue weighted by molar-refractivity contribution is 5.86. The molecule has 0 radical (unpaired) electrons. The summed E-state index contributed by atoms with van der Waals surface area (Å²) >= 11 is 0. The van der Waals surface area contributed by atoms with E-state index in [0.29, 0.717) is 35.4 Å². The molecular weight excluding hydrogens is 367 g/mol. The first kappa shape index (κ1) is 17.5. The van der Waals surface area contributed by atoms with Gasteiger partial charge in [0.15, 0.2) is 29.2 Å². The second-order valence-electron chi connectivity index (χ2n) is 6.28. The molecule has 0 N–H and O–H groups in total. The lowest BCUT2D eigenvalue weighted by Crippen LogP contribution is -2.10. The SMILES string of the molecule is CC1=N[C@@H](Cc2cn(-c3c(F)c(F)c(F)c(F)c3F)c3ccccc23)CO1. The smallest absolute Gasteiger partial charge is 0.200 e. The van der Waals surface area contributed by atoms with Crippen LogP contribution in [0.5, 0.6) is 0 Å². The standard InChI is InChI=1S/C19H13F5N2O/c1-9-25-11(8-27-9)6-10-7-26(13-5-3-2-4-12(10)13)19-17(23)15(21)14(20)16(22)18(19)24/h2-5,7,11H,6,8H2,1H3/t11-/m0/s1. The van der Waals surface area contributed by atoms with Gasteiger partial charge in [-0.15, -0.1) is 0 Å². The average molecular weight is 380 g/mol. The molecule has 0 saturated carbocycles. The predicted octanol–water partition coefficient (Wildman–Crippen LogP) is 4.69. The number of hydrogen-bond acceptors (Lipinski definition) is 2. The summed E-state index contributed by atoms with van der Waals surface area (Å²) < 4.78 is 75.6. The maximum atomic E-state index is 14.3. The Bertz CT molecular complexity index is 1060. The van der Waals surface area contributed by atoms with Gasteiger partial charge in [-0.05, 0) is 11.6 Å². The van der Waals surface area contributed by atoms with Gasteiger partial charge < -0.3 is 9.30 Å². The molecule has 8 heteroatoms. The molecule has 1 aliphatic rings. The molecule has 0 spiro atoms. The maximum absolute atomic E-state index is 14.3. The zero-order valence-electron chi connectivity index (χ0n) is 14.1. The van der Waals surface area contributed by atoms with Crippen molar-refractivity contribution in [1.29, 1.82) is 0 Å². The van der Waals surface area contributed by atoms with Crippen molar-refractivity contribution in [3.8, 4) is 5.69 Å². The molecule has 4 rings (SSSR count). The number of hydrogen-bond donors (Lipinski definition) is 0. The van der Waals surface area contributed by atoms with Crippen LogP contribution in [-0.4, -0.2) is 23.1 Å². The van der Waals surface area contributed by atoms with E-state index in [-0.39, 0.29) is 6.04 Å². The van der Waals surface area contributed by atoms with Crippen molar-refractivity contribution < 1.29 is 26.7 Å². The van der Waals surface area contributed by atoms with Crippen molar-refractivity contribution in [2.24, 2.45) is 4.99 Å². The third kappa shape index (κ3) is 2.75. The van der Waals surface area contributed by atoms with Gasteiger partial charge >= 0.3 is 0 Å². The van der Waals surface area contributed by atoms with Gasteiger partial charge in [-0.25, -0.2) is 26.9 Å². The van der Waals surface area contributed by atoms with Crippen LogP contribution in [0, 0.1) is 29.1 Å². The lowest BCUT2D eigenvalue weighted by Gasteiger charge is -2.10. The Morgan fingerprint density at radius 2 is 1.63 bits per heavy atom. The van der Waals surface area contributed by atoms with E-state index >= 15 is 0 Å². The number of benzene rings is 2. The van der Waals surface area contributed by atoms with Crippen LogP contribution in [-0.2, 0) is 11.2 Å². The summed E-state index contributed by atoms with van der Waals surface area (Å²) in [7, 11) is 0. The maximum Gasteiger partial charge on any atom is 0.200 e. The van der Waals surface area contributed by atoms with Crippen LogP contribution in [0.4, 0.5) is 22.0 Å². The van der Waals surface area contributed by atoms with E-state index in [9.17, 15) is 22.0 Å². The molecule has 0 aliphatic carbocycles. The minimum atomic E-state index is -2.18. The molecule has 2 aromatic carbocycles. The van der Waals surface area contributed by atoms with Crippen LogP contribution in [0.1, 0.15) is 12.5 Å². The highest BCUT2D eigenvalue weighted by Crippen LogP contribution is 2.32. The van der Waals surface area contributed by atoms with Crippen LogP contribution >= 0.6 is 0 Å². The number of para-hydroxylation sites is 1. The molecule has 0 bridgehead atoms. The number of aromatic nitrogens is 1. The molecule has 0 saturated heterocycles. The molecule has 0 fully saturated rings. The van der Waals surface area contributed by atoms with Crippen molar-refractivity contribution in [3.05, 3.63) is 65.1 Å². The number of fused-ring (bicyclic) bond motifs is 1. The monoisotopic (exact) mass is 380 g/mol. The first-order valence-electron chi connectivity index (χ1n) is 8.16. The summed E-state index contributed by atoms with van der Waals surface area (Å²) in [6.07, 6.45) is 1.78. The summed E-state index contributed by atoms with van der Waals surface area (Å²) in [6.45, 7) is 2.09. The molecule has 27 heavy (non-hydrogen) atoms. The van der Waals surface area contributed by atoms with Gasteiger partial charge in [-0.3, -0.25) is 0 Å². The largest absolute Gasteiger partial charge is 0.479 e. The average Bonchev–Trinajstić information content (AvgIpc) is 3.23. The Labute approximate surface area is 150 Å². The molecule has 3 nitrogen and oxygen atoms in total. The first-order chi connectivity index (χ1) is 12.9. The van der Waals surface area contributed by atoms with Crippen LogP contribution < -0.4 is 0 Å². The first-order valence-corrected chi connectivity index (χ1v) is 8.16. The highest BCUT2D eigenvalue weighted by atomic mass is 19.2. The second kappa shape index (κ2) is 6.37. The Morgan fingerprint density at radius 1 is 1.00 bits per heavy atom. The molecule has 1 aliphatic heterocycles. The summed E-state index contributed by atoms with van der Waals surface area (Å²) in [4.78, 5) is 4.31. The molecule has 140 valence electrons. The predicted molar refractivity (Wildman–Crippen MR) is 89.6 cm³/mol. The van der Waals surface area contributed by atoms with Gasteiger partial charge in [0.05, 0.1) is 11.6 Å². The lowest BCUT2D eigenvalue weighted by molar-refractivity contribution is 0.314. The molecule has 3 aromatic rings. The number of rotatable bonds is 3. The van der Waals surface area contributed by atoms with Gasteiger partial charge in [0.25, 0.3) is 0 Å². The number of ether oxygens (including phenoxy) is 1. The molecule has 1 atom stereocenters. The van der Waals surface area contributed by atoms with E-state index in [1.807, 2.05) is 0 Å². The van der Waals surface area contributed by atoms with E-state index in [4.69, 9.17) is 4.74 Å². The van der Waals surface area contributed by atoms with Crippen LogP contribution in [0.25, 0.3) is 16.6 Å². The van der Waals surface area contributed by atoms with Crippen molar-refractivity contribution in [1.82, 2.24) is 4.57 Å². The lowest BCUT2D eigenvalue weighted by atomic mass is 10.1. The zero-order chi connectivity index (χ0) is 19.3. The molecule has 0 amide bonds. The molecule has 2 heterocycles. The fourth-order valence-corrected chi connectivity index (χ4v) is 3.31. The van der Waals surface area contributed by atoms with E-state index in [1.165, 1.54) is 6.20 Å². The normalized spacial score (nSPS) is 16.7. The van der Waals surface area contributed by atoms with Gasteiger partial charge in [0, 0.05) is 24.9 Å². The summed E-state index contributed by atoms with van der Waals surface area (Å²) in [5.74, 6) is -9.35. The summed E-state index contributed by atoms with van der Waals surface area (Å²) in [5, 5.41) is 0.640. The molecule has 1 aromatic heterocycles. The van der Waals surface area contributed by atoms with Crippen LogP contribution in [0.2, 0.25) is 0 Å². The van der Waals surface area contributed by atoms with Crippen molar-refractivity contribution >= 4 is 16.8 Å². The van der Waals surface area contributed by atoms with E-state index in [0.717, 1.165) is 4.57 Å². The Kier molecular flexibility index (Phi) is 4.13. The van der Waals surface area contributed by atoms with Gasteiger partial charge in [-0.1, -0.05) is 18.2 Å². The van der Waals surface area contributed by atoms with Crippen LogP contribution in [0.3, 0.4) is 0 Å². The number of aliphatic imine (C=N–C) groups is 1. The summed E-state index contributed by atoms with van der Waals surface area (Å²) in [6, 6.07) is 6.45. The topological polar surface area (TPSA) is 26.5 Å². The van der Waals surface area contributed by atoms with Gasteiger partial charge in [0.2, 0.25) is 5.82 Å². The van der Waals surface area contributed by atoms with E-state index in [2.05, 4.69) is 4.99 Å². The van der Waals surface area contributed by atoms with Crippen LogP contribution in [0.15, 0.2) is 35.5 Å².